The van der Waals surface area contributed by atoms with E-state index >= 15 is 0 Å². The van der Waals surface area contributed by atoms with E-state index in [-0.39, 0.29) is 24.3 Å². The molecule has 0 unspecified atom stereocenters. The normalized spacial score (nSPS) is 13.9. The lowest BCUT2D eigenvalue weighted by molar-refractivity contribution is -0.121. The molecule has 0 atom stereocenters. The van der Waals surface area contributed by atoms with E-state index in [0.717, 1.165) is 28.6 Å². The van der Waals surface area contributed by atoms with Gasteiger partial charge in [0.25, 0.3) is 5.91 Å². The summed E-state index contributed by atoms with van der Waals surface area (Å²) < 4.78 is 7.01. The van der Waals surface area contributed by atoms with E-state index in [1.807, 2.05) is 36.4 Å². The summed E-state index contributed by atoms with van der Waals surface area (Å²) in [6, 6.07) is 14.9. The number of ether oxygens (including phenoxy) is 1. The summed E-state index contributed by atoms with van der Waals surface area (Å²) in [5.41, 5.74) is 1.54. The van der Waals surface area contributed by atoms with Crippen LogP contribution in [0.4, 0.5) is 0 Å². The van der Waals surface area contributed by atoms with Gasteiger partial charge in [-0.15, -0.1) is 0 Å². The predicted octanol–water partition coefficient (Wildman–Crippen LogP) is 4.21. The maximum absolute atomic E-state index is 12.1. The Morgan fingerprint density at radius 3 is 2.46 bits per heavy atom. The van der Waals surface area contributed by atoms with Crippen LogP contribution in [0.1, 0.15) is 48.0 Å². The number of halogens is 1. The summed E-state index contributed by atoms with van der Waals surface area (Å²) in [6.45, 7) is 0.712. The van der Waals surface area contributed by atoms with Gasteiger partial charge in [0.15, 0.2) is 0 Å². The molecule has 5 nitrogen and oxygen atoms in total. The van der Waals surface area contributed by atoms with E-state index < -0.39 is 0 Å². The van der Waals surface area contributed by atoms with E-state index in [9.17, 15) is 9.59 Å². The Balaban J connectivity index is 1.42. The molecule has 1 fully saturated rings. The van der Waals surface area contributed by atoms with E-state index in [2.05, 4.69) is 26.6 Å². The third kappa shape index (κ3) is 6.09. The Bertz CT molecular complexity index is 802. The lowest BCUT2D eigenvalue weighted by Crippen LogP contribution is -2.30. The summed E-state index contributed by atoms with van der Waals surface area (Å²) in [5.74, 6) is 0.556. The summed E-state index contributed by atoms with van der Waals surface area (Å²) in [4.78, 5) is 24.2. The molecule has 2 aromatic rings. The maximum atomic E-state index is 12.1. The summed E-state index contributed by atoms with van der Waals surface area (Å²) >= 11 is 3.34. The fourth-order valence-corrected chi connectivity index (χ4v) is 3.49. The first kappa shape index (κ1) is 20.4. The van der Waals surface area contributed by atoms with Gasteiger partial charge in [0.2, 0.25) is 5.91 Å². The van der Waals surface area contributed by atoms with Crippen LogP contribution in [0.15, 0.2) is 53.0 Å². The smallest absolute Gasteiger partial charge is 0.251 e. The molecule has 3 rings (SSSR count). The average Bonchev–Trinajstić information content (AvgIpc) is 3.21. The van der Waals surface area contributed by atoms with Gasteiger partial charge in [-0.2, -0.15) is 0 Å². The van der Waals surface area contributed by atoms with E-state index in [4.69, 9.17) is 4.74 Å². The molecular weight excluding hydrogens is 420 g/mol. The molecule has 2 N–H and O–H groups in total. The van der Waals surface area contributed by atoms with Gasteiger partial charge in [-0.3, -0.25) is 9.59 Å². The summed E-state index contributed by atoms with van der Waals surface area (Å²) in [7, 11) is 0. The second kappa shape index (κ2) is 10.3. The molecule has 0 bridgehead atoms. The van der Waals surface area contributed by atoms with Gasteiger partial charge in [0.05, 0.1) is 6.10 Å². The number of nitrogens with one attached hydrogen (secondary N) is 2. The summed E-state index contributed by atoms with van der Waals surface area (Å²) in [5, 5.41) is 5.68. The fourth-order valence-electron chi connectivity index (χ4n) is 3.23. The van der Waals surface area contributed by atoms with Crippen LogP contribution in [0.3, 0.4) is 0 Å². The molecule has 0 aromatic heterocycles. The highest BCUT2D eigenvalue weighted by atomic mass is 79.9. The Hall–Kier alpha value is -2.34. The maximum Gasteiger partial charge on any atom is 0.251 e. The average molecular weight is 445 g/mol. The molecule has 148 valence electrons. The van der Waals surface area contributed by atoms with Crippen LogP contribution < -0.4 is 15.4 Å². The zero-order chi connectivity index (χ0) is 19.8. The molecule has 0 radical (unpaired) electrons. The second-order valence-corrected chi connectivity index (χ2v) is 7.84. The van der Waals surface area contributed by atoms with Gasteiger partial charge >= 0.3 is 0 Å². The molecule has 0 saturated heterocycles. The molecule has 6 heteroatoms. The van der Waals surface area contributed by atoms with Crippen molar-refractivity contribution in [1.82, 2.24) is 10.6 Å². The summed E-state index contributed by atoms with van der Waals surface area (Å²) in [6.07, 6.45) is 5.14. The van der Waals surface area contributed by atoms with Gasteiger partial charge in [-0.1, -0.05) is 34.1 Å². The van der Waals surface area contributed by atoms with Gasteiger partial charge in [-0.05, 0) is 56.0 Å². The number of hydrogen-bond donors (Lipinski definition) is 2. The van der Waals surface area contributed by atoms with Gasteiger partial charge in [-0.25, -0.2) is 0 Å². The molecular formula is C22H25BrN2O3. The molecule has 1 aliphatic rings. The quantitative estimate of drug-likeness (QED) is 0.640. The van der Waals surface area contributed by atoms with Crippen molar-refractivity contribution in [1.29, 1.82) is 0 Å². The van der Waals surface area contributed by atoms with Crippen LogP contribution >= 0.6 is 15.9 Å². The molecule has 2 aromatic carbocycles. The highest BCUT2D eigenvalue weighted by molar-refractivity contribution is 9.10. The van der Waals surface area contributed by atoms with Crippen LogP contribution in [-0.2, 0) is 11.3 Å². The fraction of sp³-hybridized carbons (Fsp3) is 0.364. The van der Waals surface area contributed by atoms with Crippen LogP contribution in [0.25, 0.3) is 0 Å². The van der Waals surface area contributed by atoms with E-state index in [1.54, 1.807) is 12.1 Å². The number of benzene rings is 2. The van der Waals surface area contributed by atoms with Crippen molar-refractivity contribution in [3.8, 4) is 5.75 Å². The number of rotatable bonds is 8. The minimum atomic E-state index is -0.185. The zero-order valence-electron chi connectivity index (χ0n) is 15.7. The standard InChI is InChI=1S/C22H25BrN2O3/c23-18-11-9-16(10-12-18)22(27)24-14-13-21(26)25-15-17-5-1-4-8-20(17)28-19-6-2-3-7-19/h1,4-5,8-12,19H,2-3,6-7,13-15H2,(H,24,27)(H,25,26). The largest absolute Gasteiger partial charge is 0.490 e. The van der Waals surface area contributed by atoms with Crippen molar-refractivity contribution in [3.63, 3.8) is 0 Å². The first-order chi connectivity index (χ1) is 13.6. The zero-order valence-corrected chi connectivity index (χ0v) is 17.3. The monoisotopic (exact) mass is 444 g/mol. The minimum absolute atomic E-state index is 0.105. The van der Waals surface area contributed by atoms with Crippen molar-refractivity contribution in [3.05, 3.63) is 64.1 Å². The molecule has 1 aliphatic carbocycles. The van der Waals surface area contributed by atoms with Crippen molar-refractivity contribution < 1.29 is 14.3 Å². The van der Waals surface area contributed by atoms with Crippen LogP contribution in [0.2, 0.25) is 0 Å². The first-order valence-corrected chi connectivity index (χ1v) is 10.5. The number of hydrogen-bond acceptors (Lipinski definition) is 3. The van der Waals surface area contributed by atoms with Crippen LogP contribution in [-0.4, -0.2) is 24.5 Å². The number of para-hydroxylation sites is 1. The molecule has 0 heterocycles. The lowest BCUT2D eigenvalue weighted by Gasteiger charge is -2.16. The van der Waals surface area contributed by atoms with Gasteiger partial charge in [0.1, 0.15) is 5.75 Å². The number of carbonyl (C=O) groups is 2. The van der Waals surface area contributed by atoms with Crippen LogP contribution in [0.5, 0.6) is 5.75 Å². The Kier molecular flexibility index (Phi) is 7.48. The SMILES string of the molecule is O=C(CCNC(=O)c1ccc(Br)cc1)NCc1ccccc1OC1CCCC1. The minimum Gasteiger partial charge on any atom is -0.490 e. The second-order valence-electron chi connectivity index (χ2n) is 6.92. The van der Waals surface area contributed by atoms with Crippen molar-refractivity contribution in [2.75, 3.05) is 6.54 Å². The lowest BCUT2D eigenvalue weighted by atomic mass is 10.2. The third-order valence-corrected chi connectivity index (χ3v) is 5.32. The number of carbonyl (C=O) groups excluding carboxylic acids is 2. The molecule has 28 heavy (non-hydrogen) atoms. The third-order valence-electron chi connectivity index (χ3n) is 4.79. The molecule has 2 amide bonds. The Morgan fingerprint density at radius 2 is 1.71 bits per heavy atom. The predicted molar refractivity (Wildman–Crippen MR) is 112 cm³/mol. The topological polar surface area (TPSA) is 67.4 Å². The number of amides is 2. The van der Waals surface area contributed by atoms with Gasteiger partial charge in [0, 0.05) is 35.1 Å². The van der Waals surface area contributed by atoms with Crippen molar-refractivity contribution in [2.45, 2.75) is 44.8 Å². The Morgan fingerprint density at radius 1 is 1.00 bits per heavy atom. The van der Waals surface area contributed by atoms with Crippen LogP contribution in [0, 0.1) is 0 Å². The molecule has 0 aliphatic heterocycles. The highest BCUT2D eigenvalue weighted by Crippen LogP contribution is 2.26. The van der Waals surface area contributed by atoms with Crippen molar-refractivity contribution in [2.24, 2.45) is 0 Å². The molecule has 1 saturated carbocycles. The molecule has 0 spiro atoms. The van der Waals surface area contributed by atoms with E-state index in [1.165, 1.54) is 12.8 Å². The first-order valence-electron chi connectivity index (χ1n) is 9.67. The van der Waals surface area contributed by atoms with E-state index in [0.29, 0.717) is 18.7 Å². The van der Waals surface area contributed by atoms with Gasteiger partial charge < -0.3 is 15.4 Å². The van der Waals surface area contributed by atoms with Crippen molar-refractivity contribution >= 4 is 27.7 Å². The highest BCUT2D eigenvalue weighted by Gasteiger charge is 2.17. The Labute approximate surface area is 174 Å².